The van der Waals surface area contributed by atoms with Crippen LogP contribution in [0.1, 0.15) is 25.7 Å². The Bertz CT molecular complexity index is 348. The zero-order valence-corrected chi connectivity index (χ0v) is 11.3. The summed E-state index contributed by atoms with van der Waals surface area (Å²) in [5, 5.41) is 5.58. The highest BCUT2D eigenvalue weighted by Crippen LogP contribution is 2.07. The van der Waals surface area contributed by atoms with Crippen LogP contribution < -0.4 is 10.6 Å². The number of amides is 3. The van der Waals surface area contributed by atoms with Gasteiger partial charge in [0.2, 0.25) is 5.91 Å². The number of likely N-dealkylation sites (N-methyl/N-ethyl adjacent to an activating group) is 1. The van der Waals surface area contributed by atoms with Gasteiger partial charge in [-0.3, -0.25) is 19.3 Å². The van der Waals surface area contributed by atoms with Gasteiger partial charge in [0.1, 0.15) is 0 Å². The molecule has 0 bridgehead atoms. The lowest BCUT2D eigenvalue weighted by molar-refractivity contribution is -0.136. The third-order valence-electron chi connectivity index (χ3n) is 2.95. The van der Waals surface area contributed by atoms with Crippen LogP contribution >= 0.6 is 0 Å². The van der Waals surface area contributed by atoms with Crippen LogP contribution in [0.15, 0.2) is 12.2 Å². The molecule has 0 aromatic heterocycles. The number of carbonyl (C=O) groups is 3. The number of hydrogen-bond acceptors (Lipinski definition) is 4. The number of carbonyl (C=O) groups excluding carboxylic acids is 3. The van der Waals surface area contributed by atoms with E-state index in [1.54, 1.807) is 7.05 Å². The summed E-state index contributed by atoms with van der Waals surface area (Å²) in [6.45, 7) is 1.64. The Hall–Kier alpha value is -1.69. The van der Waals surface area contributed by atoms with Crippen molar-refractivity contribution in [3.63, 3.8) is 0 Å². The first-order chi connectivity index (χ1) is 9.15. The summed E-state index contributed by atoms with van der Waals surface area (Å²) in [6, 6.07) is 0. The largest absolute Gasteiger partial charge is 0.358 e. The number of hydrogen-bond donors (Lipinski definition) is 2. The Morgan fingerprint density at radius 1 is 1.11 bits per heavy atom. The molecule has 0 saturated heterocycles. The Morgan fingerprint density at radius 3 is 2.37 bits per heavy atom. The first-order valence-electron chi connectivity index (χ1n) is 6.60. The summed E-state index contributed by atoms with van der Waals surface area (Å²) in [5.41, 5.74) is 0. The van der Waals surface area contributed by atoms with Crippen molar-refractivity contribution < 1.29 is 14.4 Å². The van der Waals surface area contributed by atoms with Crippen LogP contribution in [-0.4, -0.2) is 49.3 Å². The van der Waals surface area contributed by atoms with Gasteiger partial charge in [-0.2, -0.15) is 0 Å². The van der Waals surface area contributed by atoms with Crippen molar-refractivity contribution >= 4 is 17.7 Å². The van der Waals surface area contributed by atoms with Gasteiger partial charge < -0.3 is 10.6 Å². The van der Waals surface area contributed by atoms with E-state index in [-0.39, 0.29) is 17.7 Å². The minimum absolute atomic E-state index is 0.0152. The minimum atomic E-state index is -0.211. The maximum Gasteiger partial charge on any atom is 0.253 e. The molecule has 2 N–H and O–H groups in total. The highest BCUT2D eigenvalue weighted by Gasteiger charge is 2.21. The quantitative estimate of drug-likeness (QED) is 0.448. The average molecular weight is 267 g/mol. The molecule has 0 aromatic carbocycles. The molecule has 1 aliphatic heterocycles. The molecule has 1 heterocycles. The van der Waals surface area contributed by atoms with E-state index in [0.717, 1.165) is 32.2 Å². The van der Waals surface area contributed by atoms with E-state index < -0.39 is 0 Å². The van der Waals surface area contributed by atoms with Crippen LogP contribution in [0.3, 0.4) is 0 Å². The number of rotatable bonds is 9. The second kappa shape index (κ2) is 8.42. The molecular weight excluding hydrogens is 246 g/mol. The van der Waals surface area contributed by atoms with Crippen LogP contribution in [0.4, 0.5) is 0 Å². The van der Waals surface area contributed by atoms with Gasteiger partial charge in [0, 0.05) is 25.7 Å². The summed E-state index contributed by atoms with van der Waals surface area (Å²) in [6.07, 6.45) is 6.42. The molecule has 1 aliphatic rings. The van der Waals surface area contributed by atoms with Crippen LogP contribution in [0.5, 0.6) is 0 Å². The zero-order chi connectivity index (χ0) is 14.1. The predicted octanol–water partition coefficient (Wildman–Crippen LogP) is -0.193. The normalized spacial score (nSPS) is 14.3. The van der Waals surface area contributed by atoms with Crippen molar-refractivity contribution in [1.82, 2.24) is 15.5 Å². The fourth-order valence-electron chi connectivity index (χ4n) is 1.82. The fourth-order valence-corrected chi connectivity index (χ4v) is 1.82. The molecular formula is C13H21N3O3. The van der Waals surface area contributed by atoms with Crippen molar-refractivity contribution in [2.75, 3.05) is 26.7 Å². The van der Waals surface area contributed by atoms with E-state index in [9.17, 15) is 14.4 Å². The van der Waals surface area contributed by atoms with Crippen molar-refractivity contribution in [3.8, 4) is 0 Å². The van der Waals surface area contributed by atoms with Gasteiger partial charge in [0.05, 0.1) is 6.54 Å². The van der Waals surface area contributed by atoms with Gasteiger partial charge in [-0.1, -0.05) is 12.8 Å². The molecule has 0 aromatic rings. The predicted molar refractivity (Wildman–Crippen MR) is 71.3 cm³/mol. The van der Waals surface area contributed by atoms with E-state index in [0.29, 0.717) is 13.1 Å². The van der Waals surface area contributed by atoms with Gasteiger partial charge in [0.15, 0.2) is 0 Å². The molecule has 6 nitrogen and oxygen atoms in total. The monoisotopic (exact) mass is 267 g/mol. The van der Waals surface area contributed by atoms with Gasteiger partial charge >= 0.3 is 0 Å². The molecule has 0 atom stereocenters. The fraction of sp³-hybridized carbons (Fsp3) is 0.615. The molecule has 1 rings (SSSR count). The molecule has 0 saturated carbocycles. The second-order valence-electron chi connectivity index (χ2n) is 4.43. The van der Waals surface area contributed by atoms with E-state index in [1.165, 1.54) is 17.1 Å². The Kier molecular flexibility index (Phi) is 6.81. The van der Waals surface area contributed by atoms with E-state index in [2.05, 4.69) is 10.6 Å². The molecule has 3 amide bonds. The highest BCUT2D eigenvalue weighted by molar-refractivity contribution is 6.12. The van der Waals surface area contributed by atoms with Crippen molar-refractivity contribution in [1.29, 1.82) is 0 Å². The van der Waals surface area contributed by atoms with E-state index in [4.69, 9.17) is 0 Å². The number of imide groups is 1. The summed E-state index contributed by atoms with van der Waals surface area (Å²) >= 11 is 0. The Balaban J connectivity index is 1.93. The molecule has 106 valence electrons. The topological polar surface area (TPSA) is 78.5 Å². The summed E-state index contributed by atoms with van der Waals surface area (Å²) < 4.78 is 0. The molecule has 0 aliphatic carbocycles. The van der Waals surface area contributed by atoms with Gasteiger partial charge in [-0.15, -0.1) is 0 Å². The Labute approximate surface area is 113 Å². The summed E-state index contributed by atoms with van der Waals surface area (Å²) in [5.74, 6) is -0.437. The molecule has 19 heavy (non-hydrogen) atoms. The summed E-state index contributed by atoms with van der Waals surface area (Å²) in [7, 11) is 1.61. The first kappa shape index (κ1) is 15.4. The number of nitrogens with zero attached hydrogens (tertiary/aromatic N) is 1. The smallest absolute Gasteiger partial charge is 0.253 e. The lowest BCUT2D eigenvalue weighted by Gasteiger charge is -2.13. The molecule has 0 radical (unpaired) electrons. The van der Waals surface area contributed by atoms with Crippen molar-refractivity contribution in [3.05, 3.63) is 12.2 Å². The third kappa shape index (κ3) is 5.65. The molecule has 0 fully saturated rings. The lowest BCUT2D eigenvalue weighted by atomic mass is 10.2. The molecule has 6 heteroatoms. The van der Waals surface area contributed by atoms with E-state index >= 15 is 0 Å². The van der Waals surface area contributed by atoms with Gasteiger partial charge in [-0.25, -0.2) is 0 Å². The van der Waals surface area contributed by atoms with Crippen LogP contribution in [0.25, 0.3) is 0 Å². The summed E-state index contributed by atoms with van der Waals surface area (Å²) in [4.78, 5) is 34.7. The Morgan fingerprint density at radius 2 is 1.74 bits per heavy atom. The standard InChI is InChI=1S/C13H21N3O3/c1-14-11(17)10-15-8-4-2-3-5-9-16-12(18)6-7-13(16)19/h6-7,15H,2-5,8-10H2,1H3,(H,14,17). The number of nitrogens with one attached hydrogen (secondary N) is 2. The maximum absolute atomic E-state index is 11.3. The van der Waals surface area contributed by atoms with Crippen LogP contribution in [-0.2, 0) is 14.4 Å². The van der Waals surface area contributed by atoms with Crippen LogP contribution in [0.2, 0.25) is 0 Å². The van der Waals surface area contributed by atoms with Crippen LogP contribution in [0, 0.1) is 0 Å². The highest BCUT2D eigenvalue weighted by atomic mass is 16.2. The third-order valence-corrected chi connectivity index (χ3v) is 2.95. The van der Waals surface area contributed by atoms with Gasteiger partial charge in [-0.05, 0) is 19.4 Å². The number of unbranched alkanes of at least 4 members (excludes halogenated alkanes) is 3. The second-order valence-corrected chi connectivity index (χ2v) is 4.43. The average Bonchev–Trinajstić information content (AvgIpc) is 2.72. The van der Waals surface area contributed by atoms with Crippen molar-refractivity contribution in [2.45, 2.75) is 25.7 Å². The molecule has 0 unspecified atom stereocenters. The minimum Gasteiger partial charge on any atom is -0.358 e. The maximum atomic E-state index is 11.3. The van der Waals surface area contributed by atoms with Crippen molar-refractivity contribution in [2.24, 2.45) is 0 Å². The first-order valence-corrected chi connectivity index (χ1v) is 6.60. The zero-order valence-electron chi connectivity index (χ0n) is 11.3. The SMILES string of the molecule is CNC(=O)CNCCCCCCN1C(=O)C=CC1=O. The lowest BCUT2D eigenvalue weighted by Crippen LogP contribution is -2.32. The van der Waals surface area contributed by atoms with E-state index in [1.807, 2.05) is 0 Å². The van der Waals surface area contributed by atoms with Gasteiger partial charge in [0.25, 0.3) is 11.8 Å². The molecule has 0 spiro atoms.